The molecule has 2 heterocycles. The molecule has 17 heavy (non-hydrogen) atoms. The standard InChI is InChI=1S/C11H17N3O3/c15-8-9-3-1-6-14(9)10(16)7-12-11(17)13-4-2-5-13/h8-9H,1-7H2,(H,12,17). The Bertz CT molecular complexity index is 328. The molecule has 2 fully saturated rings. The molecule has 3 amide bonds. The quantitative estimate of drug-likeness (QED) is 0.681. The highest BCUT2D eigenvalue weighted by molar-refractivity contribution is 5.86. The Morgan fingerprint density at radius 3 is 2.59 bits per heavy atom. The highest BCUT2D eigenvalue weighted by Gasteiger charge is 2.28. The van der Waals surface area contributed by atoms with Gasteiger partial charge < -0.3 is 19.9 Å². The lowest BCUT2D eigenvalue weighted by Gasteiger charge is -2.31. The number of hydrogen-bond donors (Lipinski definition) is 1. The van der Waals surface area contributed by atoms with Gasteiger partial charge in [-0.1, -0.05) is 0 Å². The monoisotopic (exact) mass is 239 g/mol. The summed E-state index contributed by atoms with van der Waals surface area (Å²) in [4.78, 5) is 37.2. The van der Waals surface area contributed by atoms with Crippen LogP contribution in [0.4, 0.5) is 4.79 Å². The maximum atomic E-state index is 11.8. The predicted octanol–water partition coefficient (Wildman–Crippen LogP) is -0.408. The molecule has 0 saturated carbocycles. The number of carbonyl (C=O) groups excluding carboxylic acids is 3. The van der Waals surface area contributed by atoms with Crippen LogP contribution in [0.15, 0.2) is 0 Å². The van der Waals surface area contributed by atoms with Crippen molar-refractivity contribution in [2.75, 3.05) is 26.2 Å². The van der Waals surface area contributed by atoms with Gasteiger partial charge in [-0.05, 0) is 19.3 Å². The molecule has 0 aromatic carbocycles. The number of amides is 3. The fourth-order valence-electron chi connectivity index (χ4n) is 2.13. The van der Waals surface area contributed by atoms with E-state index in [0.717, 1.165) is 38.6 Å². The normalized spacial score (nSPS) is 23.2. The van der Waals surface area contributed by atoms with Crippen LogP contribution in [-0.4, -0.2) is 60.2 Å². The summed E-state index contributed by atoms with van der Waals surface area (Å²) < 4.78 is 0. The molecule has 6 heteroatoms. The second-order valence-corrected chi connectivity index (χ2v) is 4.43. The van der Waals surface area contributed by atoms with Crippen LogP contribution < -0.4 is 5.32 Å². The van der Waals surface area contributed by atoms with Gasteiger partial charge >= 0.3 is 6.03 Å². The highest BCUT2D eigenvalue weighted by Crippen LogP contribution is 2.15. The lowest BCUT2D eigenvalue weighted by atomic mass is 10.2. The molecule has 6 nitrogen and oxygen atoms in total. The van der Waals surface area contributed by atoms with Crippen LogP contribution in [0.5, 0.6) is 0 Å². The number of rotatable bonds is 3. The van der Waals surface area contributed by atoms with Crippen LogP contribution >= 0.6 is 0 Å². The Balaban J connectivity index is 1.76. The summed E-state index contributed by atoms with van der Waals surface area (Å²) in [6.07, 6.45) is 3.42. The molecule has 1 unspecified atom stereocenters. The molecule has 2 aliphatic rings. The van der Waals surface area contributed by atoms with Crippen molar-refractivity contribution >= 4 is 18.2 Å². The maximum Gasteiger partial charge on any atom is 0.317 e. The minimum absolute atomic E-state index is 0.0142. The number of nitrogens with zero attached hydrogens (tertiary/aromatic N) is 2. The minimum atomic E-state index is -0.302. The Morgan fingerprint density at radius 2 is 2.00 bits per heavy atom. The van der Waals surface area contributed by atoms with Gasteiger partial charge in [-0.15, -0.1) is 0 Å². The molecule has 0 spiro atoms. The molecule has 94 valence electrons. The first-order valence-corrected chi connectivity index (χ1v) is 6.00. The van der Waals surface area contributed by atoms with E-state index in [9.17, 15) is 14.4 Å². The number of aldehydes is 1. The van der Waals surface area contributed by atoms with Gasteiger partial charge in [0.1, 0.15) is 6.29 Å². The largest absolute Gasteiger partial charge is 0.331 e. The summed E-state index contributed by atoms with van der Waals surface area (Å²) in [5.41, 5.74) is 0. The fourth-order valence-corrected chi connectivity index (χ4v) is 2.13. The summed E-state index contributed by atoms with van der Waals surface area (Å²) in [7, 11) is 0. The molecule has 0 aromatic heterocycles. The lowest BCUT2D eigenvalue weighted by molar-refractivity contribution is -0.133. The first kappa shape index (κ1) is 11.9. The van der Waals surface area contributed by atoms with E-state index in [4.69, 9.17) is 0 Å². The Hall–Kier alpha value is -1.59. The van der Waals surface area contributed by atoms with Crippen LogP contribution in [0.3, 0.4) is 0 Å². The van der Waals surface area contributed by atoms with Crippen molar-refractivity contribution in [3.8, 4) is 0 Å². The molecule has 0 aliphatic carbocycles. The van der Waals surface area contributed by atoms with E-state index in [-0.39, 0.29) is 24.5 Å². The zero-order valence-electron chi connectivity index (χ0n) is 9.72. The van der Waals surface area contributed by atoms with Gasteiger partial charge in [-0.25, -0.2) is 4.79 Å². The molecular weight excluding hydrogens is 222 g/mol. The van der Waals surface area contributed by atoms with Gasteiger partial charge in [0, 0.05) is 19.6 Å². The maximum absolute atomic E-state index is 11.8. The highest BCUT2D eigenvalue weighted by atomic mass is 16.2. The average molecular weight is 239 g/mol. The van der Waals surface area contributed by atoms with Gasteiger partial charge in [0.2, 0.25) is 5.91 Å². The Kier molecular flexibility index (Phi) is 3.61. The summed E-state index contributed by atoms with van der Waals surface area (Å²) >= 11 is 0. The minimum Gasteiger partial charge on any atom is -0.331 e. The smallest absolute Gasteiger partial charge is 0.317 e. The van der Waals surface area contributed by atoms with E-state index in [2.05, 4.69) is 5.32 Å². The Labute approximate surface area is 99.9 Å². The second kappa shape index (κ2) is 5.16. The van der Waals surface area contributed by atoms with E-state index < -0.39 is 0 Å². The third-order valence-corrected chi connectivity index (χ3v) is 3.31. The number of nitrogens with one attached hydrogen (secondary N) is 1. The molecule has 2 aliphatic heterocycles. The van der Waals surface area contributed by atoms with Crippen LogP contribution in [0.1, 0.15) is 19.3 Å². The van der Waals surface area contributed by atoms with Crippen LogP contribution in [0, 0.1) is 0 Å². The summed E-state index contributed by atoms with van der Waals surface area (Å²) in [5, 5.41) is 2.59. The van der Waals surface area contributed by atoms with Crippen molar-refractivity contribution in [3.63, 3.8) is 0 Å². The molecule has 2 saturated heterocycles. The lowest BCUT2D eigenvalue weighted by Crippen LogP contribution is -2.51. The number of carbonyl (C=O) groups is 3. The summed E-state index contributed by atoms with van der Waals surface area (Å²) in [5.74, 6) is -0.173. The first-order chi connectivity index (χ1) is 8.22. The van der Waals surface area contributed by atoms with Crippen molar-refractivity contribution in [1.29, 1.82) is 0 Å². The number of likely N-dealkylation sites (tertiary alicyclic amines) is 2. The van der Waals surface area contributed by atoms with Crippen molar-refractivity contribution in [1.82, 2.24) is 15.1 Å². The SMILES string of the molecule is O=CC1CCCN1C(=O)CNC(=O)N1CCC1. The Morgan fingerprint density at radius 1 is 1.24 bits per heavy atom. The van der Waals surface area contributed by atoms with E-state index in [1.807, 2.05) is 0 Å². The van der Waals surface area contributed by atoms with Gasteiger partial charge in [-0.2, -0.15) is 0 Å². The third-order valence-electron chi connectivity index (χ3n) is 3.31. The fraction of sp³-hybridized carbons (Fsp3) is 0.727. The zero-order chi connectivity index (χ0) is 12.3. The van der Waals surface area contributed by atoms with Crippen molar-refractivity contribution in [3.05, 3.63) is 0 Å². The first-order valence-electron chi connectivity index (χ1n) is 6.00. The molecule has 0 aromatic rings. The van der Waals surface area contributed by atoms with Gasteiger partial charge in [0.05, 0.1) is 12.6 Å². The summed E-state index contributed by atoms with van der Waals surface area (Å²) in [6.45, 7) is 2.13. The third kappa shape index (κ3) is 2.57. The van der Waals surface area contributed by atoms with Crippen molar-refractivity contribution in [2.24, 2.45) is 0 Å². The van der Waals surface area contributed by atoms with Crippen LogP contribution in [0.25, 0.3) is 0 Å². The number of hydrogen-bond acceptors (Lipinski definition) is 3. The number of urea groups is 1. The molecule has 1 N–H and O–H groups in total. The second-order valence-electron chi connectivity index (χ2n) is 4.43. The van der Waals surface area contributed by atoms with Gasteiger partial charge in [0.15, 0.2) is 0 Å². The molecule has 0 radical (unpaired) electrons. The van der Waals surface area contributed by atoms with Crippen LogP contribution in [0.2, 0.25) is 0 Å². The molecular formula is C11H17N3O3. The van der Waals surface area contributed by atoms with E-state index in [1.165, 1.54) is 0 Å². The van der Waals surface area contributed by atoms with E-state index in [0.29, 0.717) is 6.54 Å². The topological polar surface area (TPSA) is 69.7 Å². The van der Waals surface area contributed by atoms with Crippen molar-refractivity contribution < 1.29 is 14.4 Å². The van der Waals surface area contributed by atoms with Gasteiger partial charge in [-0.3, -0.25) is 4.79 Å². The average Bonchev–Trinajstić information content (AvgIpc) is 2.71. The molecule has 0 bridgehead atoms. The molecule has 1 atom stereocenters. The van der Waals surface area contributed by atoms with E-state index in [1.54, 1.807) is 9.80 Å². The van der Waals surface area contributed by atoms with Crippen LogP contribution in [-0.2, 0) is 9.59 Å². The summed E-state index contributed by atoms with van der Waals surface area (Å²) in [6, 6.07) is -0.491. The van der Waals surface area contributed by atoms with Gasteiger partial charge in [0.25, 0.3) is 0 Å². The predicted molar refractivity (Wildman–Crippen MR) is 60.4 cm³/mol. The molecule has 2 rings (SSSR count). The zero-order valence-corrected chi connectivity index (χ0v) is 9.72. The van der Waals surface area contributed by atoms with Crippen molar-refractivity contribution in [2.45, 2.75) is 25.3 Å². The van der Waals surface area contributed by atoms with E-state index >= 15 is 0 Å².